The van der Waals surface area contributed by atoms with E-state index in [4.69, 9.17) is 4.74 Å². The van der Waals surface area contributed by atoms with Gasteiger partial charge in [0.25, 0.3) is 5.65 Å². The molecule has 0 fully saturated rings. The Labute approximate surface area is 151 Å². The van der Waals surface area contributed by atoms with Crippen LogP contribution in [0, 0.1) is 6.92 Å². The number of benzene rings is 1. The second kappa shape index (κ2) is 6.99. The molecule has 3 rings (SSSR count). The van der Waals surface area contributed by atoms with Crippen molar-refractivity contribution >= 4 is 11.7 Å². The van der Waals surface area contributed by atoms with E-state index in [-0.39, 0.29) is 24.0 Å². The van der Waals surface area contributed by atoms with Crippen molar-refractivity contribution in [3.05, 3.63) is 54.4 Å². The van der Waals surface area contributed by atoms with Gasteiger partial charge in [-0.2, -0.15) is 0 Å². The molecule has 1 N–H and O–H groups in total. The summed E-state index contributed by atoms with van der Waals surface area (Å²) in [6, 6.07) is 11.7. The summed E-state index contributed by atoms with van der Waals surface area (Å²) in [5, 5.41) is 2.42. The molecule has 0 radical (unpaired) electrons. The fourth-order valence-corrected chi connectivity index (χ4v) is 2.47. The predicted octanol–water partition coefficient (Wildman–Crippen LogP) is -0.539. The molecule has 6 heteroatoms. The molecule has 0 aliphatic rings. The third-order valence-electron chi connectivity index (χ3n) is 3.63. The number of hydrogen-bond acceptors (Lipinski definition) is 2. The van der Waals surface area contributed by atoms with Crippen molar-refractivity contribution < 1.29 is 37.9 Å². The van der Waals surface area contributed by atoms with Crippen LogP contribution in [0.2, 0.25) is 0 Å². The van der Waals surface area contributed by atoms with Gasteiger partial charge in [0.1, 0.15) is 11.9 Å². The van der Waals surface area contributed by atoms with Crippen LogP contribution in [-0.2, 0) is 7.05 Å². The highest BCUT2D eigenvalue weighted by Gasteiger charge is 2.16. The van der Waals surface area contributed by atoms with Crippen LogP contribution in [0.5, 0.6) is 5.75 Å². The Hall–Kier alpha value is -2.09. The van der Waals surface area contributed by atoms with Gasteiger partial charge in [-0.1, -0.05) is 0 Å². The molecule has 3 aromatic rings. The predicted molar refractivity (Wildman–Crippen MR) is 83.8 cm³/mol. The normalized spacial score (nSPS) is 10.2. The zero-order chi connectivity index (χ0) is 15.7. The van der Waals surface area contributed by atoms with Gasteiger partial charge in [-0.05, 0) is 42.8 Å². The van der Waals surface area contributed by atoms with Crippen molar-refractivity contribution in [2.45, 2.75) is 6.92 Å². The number of carbonyl (C=O) groups excluding carboxylic acids is 1. The number of hydrogen-bond donors (Lipinski definition) is 1. The Balaban J connectivity index is 0.00000192. The highest BCUT2D eigenvalue weighted by atomic mass is 127. The van der Waals surface area contributed by atoms with E-state index in [2.05, 4.69) is 45.7 Å². The molecule has 0 bridgehead atoms. The highest BCUT2D eigenvalue weighted by Crippen LogP contribution is 2.22. The average Bonchev–Trinajstić information content (AvgIpc) is 2.84. The van der Waals surface area contributed by atoms with Crippen LogP contribution < -0.4 is 38.4 Å². The van der Waals surface area contributed by atoms with E-state index in [0.29, 0.717) is 5.75 Å². The van der Waals surface area contributed by atoms with Crippen molar-refractivity contribution in [3.8, 4) is 17.0 Å². The highest BCUT2D eigenvalue weighted by molar-refractivity contribution is 5.70. The third-order valence-corrected chi connectivity index (χ3v) is 3.63. The van der Waals surface area contributed by atoms with Crippen LogP contribution in [0.3, 0.4) is 0 Å². The molecular formula is C17H18IN3O2. The van der Waals surface area contributed by atoms with Gasteiger partial charge in [0, 0.05) is 18.7 Å². The Kier molecular flexibility index (Phi) is 5.25. The van der Waals surface area contributed by atoms with E-state index < -0.39 is 6.09 Å². The molecular weight excluding hydrogens is 405 g/mol. The maximum atomic E-state index is 11.2. The number of carbonyl (C=O) groups is 1. The number of nitrogens with zero attached hydrogens (tertiary/aromatic N) is 2. The molecule has 0 saturated carbocycles. The van der Waals surface area contributed by atoms with E-state index in [1.807, 2.05) is 19.2 Å². The van der Waals surface area contributed by atoms with Gasteiger partial charge in [0.2, 0.25) is 0 Å². The summed E-state index contributed by atoms with van der Waals surface area (Å²) in [7, 11) is 3.57. The van der Waals surface area contributed by atoms with Gasteiger partial charge < -0.3 is 34.0 Å². The Morgan fingerprint density at radius 1 is 1.13 bits per heavy atom. The van der Waals surface area contributed by atoms with Crippen molar-refractivity contribution in [1.29, 1.82) is 0 Å². The number of ether oxygens (including phenoxy) is 1. The van der Waals surface area contributed by atoms with Gasteiger partial charge in [0.15, 0.2) is 5.69 Å². The summed E-state index contributed by atoms with van der Waals surface area (Å²) in [6.45, 7) is 2.07. The summed E-state index contributed by atoms with van der Waals surface area (Å²) in [5.41, 5.74) is 4.49. The number of halogens is 1. The van der Waals surface area contributed by atoms with Gasteiger partial charge in [-0.25, -0.2) is 13.8 Å². The molecule has 2 aromatic heterocycles. The molecule has 5 nitrogen and oxygen atoms in total. The summed E-state index contributed by atoms with van der Waals surface area (Å²) in [4.78, 5) is 11.2. The van der Waals surface area contributed by atoms with Crippen LogP contribution >= 0.6 is 0 Å². The van der Waals surface area contributed by atoms with E-state index in [1.165, 1.54) is 12.6 Å². The van der Waals surface area contributed by atoms with Crippen molar-refractivity contribution in [2.24, 2.45) is 7.05 Å². The first kappa shape index (κ1) is 17.3. The van der Waals surface area contributed by atoms with E-state index in [0.717, 1.165) is 16.9 Å². The third kappa shape index (κ3) is 3.47. The number of aryl methyl sites for hydroxylation is 2. The lowest BCUT2D eigenvalue weighted by Crippen LogP contribution is -3.00. The molecule has 23 heavy (non-hydrogen) atoms. The maximum Gasteiger partial charge on any atom is 0.412 e. The molecule has 1 amide bonds. The Morgan fingerprint density at radius 3 is 2.48 bits per heavy atom. The molecule has 2 heterocycles. The Bertz CT molecular complexity index is 841. The molecule has 1 aromatic carbocycles. The summed E-state index contributed by atoms with van der Waals surface area (Å²) in [5.74, 6) is 0.519. The molecule has 0 atom stereocenters. The number of fused-ring (bicyclic) bond motifs is 1. The minimum Gasteiger partial charge on any atom is -1.00 e. The van der Waals surface area contributed by atoms with Crippen LogP contribution in [0.25, 0.3) is 16.9 Å². The molecule has 0 aliphatic heterocycles. The largest absolute Gasteiger partial charge is 1.00 e. The smallest absolute Gasteiger partial charge is 0.412 e. The molecule has 0 unspecified atom stereocenters. The SMILES string of the molecule is CNC(=O)Oc1ccc(-c2c[n+]3cc(C)ccc3n2C)cc1.[I-]. The molecule has 0 aliphatic carbocycles. The minimum absolute atomic E-state index is 0. The lowest BCUT2D eigenvalue weighted by atomic mass is 10.1. The van der Waals surface area contributed by atoms with Crippen LogP contribution in [0.4, 0.5) is 4.79 Å². The standard InChI is InChI=1S/C17H17N3O2.HI/c1-12-4-9-16-19(3)15(11-20(16)10-12)13-5-7-14(8-6-13)22-17(21)18-2;/h4-11H,1-3H3;1H. The fourth-order valence-electron chi connectivity index (χ4n) is 2.47. The van der Waals surface area contributed by atoms with Gasteiger partial charge in [-0.15, -0.1) is 0 Å². The number of rotatable bonds is 2. The van der Waals surface area contributed by atoms with Gasteiger partial charge in [0.05, 0.1) is 13.2 Å². The van der Waals surface area contributed by atoms with Crippen molar-refractivity contribution in [3.63, 3.8) is 0 Å². The van der Waals surface area contributed by atoms with E-state index in [1.54, 1.807) is 12.1 Å². The first-order valence-corrected chi connectivity index (χ1v) is 7.06. The zero-order valence-electron chi connectivity index (χ0n) is 13.2. The number of imidazole rings is 1. The average molecular weight is 423 g/mol. The lowest BCUT2D eigenvalue weighted by molar-refractivity contribution is -0.510. The molecule has 0 saturated heterocycles. The maximum absolute atomic E-state index is 11.2. The topological polar surface area (TPSA) is 47.4 Å². The summed E-state index contributed by atoms with van der Waals surface area (Å²) >= 11 is 0. The zero-order valence-corrected chi connectivity index (χ0v) is 15.4. The fraction of sp³-hybridized carbons (Fsp3) is 0.176. The van der Waals surface area contributed by atoms with Crippen LogP contribution in [-0.4, -0.2) is 17.7 Å². The lowest BCUT2D eigenvalue weighted by Gasteiger charge is -2.03. The minimum atomic E-state index is -0.469. The van der Waals surface area contributed by atoms with Gasteiger partial charge >= 0.3 is 6.09 Å². The van der Waals surface area contributed by atoms with Crippen LogP contribution in [0.1, 0.15) is 5.56 Å². The number of amides is 1. The second-order valence-corrected chi connectivity index (χ2v) is 5.21. The van der Waals surface area contributed by atoms with Crippen molar-refractivity contribution in [1.82, 2.24) is 9.88 Å². The van der Waals surface area contributed by atoms with E-state index >= 15 is 0 Å². The molecule has 0 spiro atoms. The molecule has 120 valence electrons. The monoisotopic (exact) mass is 423 g/mol. The Morgan fingerprint density at radius 2 is 1.83 bits per heavy atom. The summed E-state index contributed by atoms with van der Waals surface area (Å²) in [6.07, 6.45) is 3.72. The quantitative estimate of drug-likeness (QED) is 0.445. The number of nitrogens with one attached hydrogen (secondary N) is 1. The van der Waals surface area contributed by atoms with Gasteiger partial charge in [-0.3, -0.25) is 0 Å². The summed E-state index contributed by atoms with van der Waals surface area (Å²) < 4.78 is 9.34. The van der Waals surface area contributed by atoms with Crippen molar-refractivity contribution in [2.75, 3.05) is 7.05 Å². The van der Waals surface area contributed by atoms with Crippen LogP contribution in [0.15, 0.2) is 48.8 Å². The first-order valence-electron chi connectivity index (χ1n) is 7.06. The first-order chi connectivity index (χ1) is 10.6. The van der Waals surface area contributed by atoms with E-state index in [9.17, 15) is 4.79 Å². The number of pyridine rings is 1. The second-order valence-electron chi connectivity index (χ2n) is 5.21. The number of aromatic nitrogens is 2.